The minimum absolute atomic E-state index is 0.0751. The first-order valence-corrected chi connectivity index (χ1v) is 8.94. The fourth-order valence-electron chi connectivity index (χ4n) is 2.80. The van der Waals surface area contributed by atoms with Crippen LogP contribution in [0.3, 0.4) is 0 Å². The summed E-state index contributed by atoms with van der Waals surface area (Å²) in [6.45, 7) is 3.52. The summed E-state index contributed by atoms with van der Waals surface area (Å²) < 4.78 is 26.4. The van der Waals surface area contributed by atoms with Crippen molar-refractivity contribution in [3.8, 4) is 0 Å². The highest BCUT2D eigenvalue weighted by molar-refractivity contribution is 7.88. The Bertz CT molecular complexity index is 517. The highest BCUT2D eigenvalue weighted by Gasteiger charge is 2.27. The molecular weight excluding hydrogens is 272 g/mol. The molecule has 20 heavy (non-hydrogen) atoms. The van der Waals surface area contributed by atoms with Gasteiger partial charge in [0, 0.05) is 18.8 Å². The summed E-state index contributed by atoms with van der Waals surface area (Å²) >= 11 is 0. The third-order valence-corrected chi connectivity index (χ3v) is 5.84. The van der Waals surface area contributed by atoms with Crippen molar-refractivity contribution in [2.75, 3.05) is 18.8 Å². The lowest BCUT2D eigenvalue weighted by molar-refractivity contribution is 0.262. The Balaban J connectivity index is 1.96. The maximum absolute atomic E-state index is 12.4. The summed E-state index contributed by atoms with van der Waals surface area (Å²) in [5.41, 5.74) is 7.08. The molecule has 0 saturated carbocycles. The van der Waals surface area contributed by atoms with Crippen LogP contribution in [0.15, 0.2) is 24.3 Å². The van der Waals surface area contributed by atoms with Gasteiger partial charge in [0.25, 0.3) is 0 Å². The third kappa shape index (κ3) is 3.96. The largest absolute Gasteiger partial charge is 0.399 e. The number of nitrogens with two attached hydrogens (primary N) is 1. The molecule has 1 aromatic rings. The van der Waals surface area contributed by atoms with Gasteiger partial charge >= 0.3 is 0 Å². The van der Waals surface area contributed by atoms with Crippen LogP contribution in [-0.4, -0.2) is 25.8 Å². The van der Waals surface area contributed by atoms with Gasteiger partial charge in [-0.3, -0.25) is 0 Å². The van der Waals surface area contributed by atoms with Crippen LogP contribution in [-0.2, 0) is 15.8 Å². The summed E-state index contributed by atoms with van der Waals surface area (Å²) in [6, 6.07) is 7.07. The van der Waals surface area contributed by atoms with Crippen LogP contribution in [0, 0.1) is 5.92 Å². The number of nitrogen functional groups attached to an aromatic ring is 1. The van der Waals surface area contributed by atoms with E-state index in [2.05, 4.69) is 6.92 Å². The molecule has 1 aromatic carbocycles. The quantitative estimate of drug-likeness (QED) is 0.850. The molecule has 2 rings (SSSR count). The van der Waals surface area contributed by atoms with E-state index >= 15 is 0 Å². The molecule has 4 nitrogen and oxygen atoms in total. The summed E-state index contributed by atoms with van der Waals surface area (Å²) in [6.07, 6.45) is 4.39. The lowest BCUT2D eigenvalue weighted by atomic mass is 9.94. The molecule has 1 heterocycles. The van der Waals surface area contributed by atoms with Gasteiger partial charge in [0.05, 0.1) is 5.75 Å². The maximum atomic E-state index is 12.4. The summed E-state index contributed by atoms with van der Waals surface area (Å²) in [5, 5.41) is 0. The maximum Gasteiger partial charge on any atom is 0.218 e. The Labute approximate surface area is 122 Å². The minimum atomic E-state index is -3.20. The highest BCUT2D eigenvalue weighted by Crippen LogP contribution is 2.24. The van der Waals surface area contributed by atoms with Crippen molar-refractivity contribution >= 4 is 15.7 Å². The van der Waals surface area contributed by atoms with E-state index in [9.17, 15) is 8.42 Å². The van der Waals surface area contributed by atoms with Crippen LogP contribution in [0.5, 0.6) is 0 Å². The van der Waals surface area contributed by atoms with Crippen molar-refractivity contribution < 1.29 is 8.42 Å². The Hall–Kier alpha value is -1.07. The molecule has 1 aliphatic heterocycles. The third-order valence-electron chi connectivity index (χ3n) is 3.99. The van der Waals surface area contributed by atoms with Gasteiger partial charge in [-0.15, -0.1) is 0 Å². The molecule has 2 N–H and O–H groups in total. The van der Waals surface area contributed by atoms with Crippen LogP contribution in [0.2, 0.25) is 0 Å². The lowest BCUT2D eigenvalue weighted by Crippen LogP contribution is -2.39. The van der Waals surface area contributed by atoms with Gasteiger partial charge in [-0.05, 0) is 36.5 Å². The van der Waals surface area contributed by atoms with E-state index in [0.717, 1.165) is 18.4 Å². The Morgan fingerprint density at radius 2 is 1.80 bits per heavy atom. The lowest BCUT2D eigenvalue weighted by Gasteiger charge is -2.31. The predicted molar refractivity (Wildman–Crippen MR) is 82.7 cm³/mol. The number of hydrogen-bond acceptors (Lipinski definition) is 3. The van der Waals surface area contributed by atoms with Gasteiger partial charge in [-0.1, -0.05) is 31.9 Å². The van der Waals surface area contributed by atoms with Crippen molar-refractivity contribution in [1.29, 1.82) is 0 Å². The van der Waals surface area contributed by atoms with Crippen LogP contribution in [0.4, 0.5) is 5.69 Å². The highest BCUT2D eigenvalue weighted by atomic mass is 32.2. The van der Waals surface area contributed by atoms with Gasteiger partial charge in [0.2, 0.25) is 10.0 Å². The second kappa shape index (κ2) is 6.59. The average Bonchev–Trinajstić information content (AvgIpc) is 2.42. The molecule has 5 heteroatoms. The van der Waals surface area contributed by atoms with Gasteiger partial charge in [0.15, 0.2) is 0 Å². The molecule has 0 atom stereocenters. The number of benzene rings is 1. The zero-order valence-electron chi connectivity index (χ0n) is 12.1. The minimum Gasteiger partial charge on any atom is -0.399 e. The van der Waals surface area contributed by atoms with Crippen LogP contribution in [0.1, 0.15) is 38.2 Å². The number of hydrogen-bond donors (Lipinski definition) is 1. The normalized spacial score (nSPS) is 18.2. The molecule has 112 valence electrons. The van der Waals surface area contributed by atoms with Gasteiger partial charge in [-0.2, -0.15) is 0 Å². The van der Waals surface area contributed by atoms with Crippen molar-refractivity contribution in [3.63, 3.8) is 0 Å². The number of anilines is 1. The molecule has 0 aliphatic carbocycles. The second-order valence-electron chi connectivity index (χ2n) is 5.63. The molecule has 0 spiro atoms. The van der Waals surface area contributed by atoms with Crippen LogP contribution < -0.4 is 5.73 Å². The van der Waals surface area contributed by atoms with E-state index in [1.165, 1.54) is 12.8 Å². The number of sulfonamides is 1. The molecule has 0 unspecified atom stereocenters. The number of rotatable bonds is 5. The summed E-state index contributed by atoms with van der Waals surface area (Å²) in [7, 11) is -3.20. The van der Waals surface area contributed by atoms with Crippen molar-refractivity contribution in [2.24, 2.45) is 5.92 Å². The first kappa shape index (κ1) is 15.3. The Morgan fingerprint density at radius 3 is 2.35 bits per heavy atom. The monoisotopic (exact) mass is 296 g/mol. The van der Waals surface area contributed by atoms with Crippen molar-refractivity contribution in [2.45, 2.75) is 38.4 Å². The zero-order chi connectivity index (χ0) is 14.6. The van der Waals surface area contributed by atoms with Gasteiger partial charge in [-0.25, -0.2) is 12.7 Å². The van der Waals surface area contributed by atoms with Crippen LogP contribution >= 0.6 is 0 Å². The molecule has 1 saturated heterocycles. The van der Waals surface area contributed by atoms with E-state index in [0.29, 0.717) is 24.7 Å². The van der Waals surface area contributed by atoms with Gasteiger partial charge < -0.3 is 5.73 Å². The molecule has 0 radical (unpaired) electrons. The topological polar surface area (TPSA) is 63.4 Å². The van der Waals surface area contributed by atoms with Crippen LogP contribution in [0.25, 0.3) is 0 Å². The summed E-state index contributed by atoms with van der Waals surface area (Å²) in [4.78, 5) is 0. The smallest absolute Gasteiger partial charge is 0.218 e. The Kier molecular flexibility index (Phi) is 5.05. The van der Waals surface area contributed by atoms with Gasteiger partial charge in [0.1, 0.15) is 0 Å². The molecular formula is C15H24N2O2S. The fourth-order valence-corrected chi connectivity index (χ4v) is 4.36. The SMILES string of the molecule is CCCC1CCN(S(=O)(=O)Cc2ccc(N)cc2)CC1. The zero-order valence-corrected chi connectivity index (χ0v) is 12.9. The number of piperidine rings is 1. The fraction of sp³-hybridized carbons (Fsp3) is 0.600. The van der Waals surface area contributed by atoms with E-state index in [-0.39, 0.29) is 5.75 Å². The second-order valence-corrected chi connectivity index (χ2v) is 7.60. The Morgan fingerprint density at radius 1 is 1.20 bits per heavy atom. The molecule has 0 amide bonds. The average molecular weight is 296 g/mol. The van der Waals surface area contributed by atoms with E-state index in [1.54, 1.807) is 28.6 Å². The molecule has 0 aromatic heterocycles. The summed E-state index contributed by atoms with van der Waals surface area (Å²) in [5.74, 6) is 0.772. The van der Waals surface area contributed by atoms with Crippen molar-refractivity contribution in [1.82, 2.24) is 4.31 Å². The number of nitrogens with zero attached hydrogens (tertiary/aromatic N) is 1. The van der Waals surface area contributed by atoms with E-state index < -0.39 is 10.0 Å². The first-order valence-electron chi connectivity index (χ1n) is 7.33. The van der Waals surface area contributed by atoms with E-state index in [1.807, 2.05) is 0 Å². The first-order chi connectivity index (χ1) is 9.51. The standard InChI is InChI=1S/C15H24N2O2S/c1-2-3-13-8-10-17(11-9-13)20(18,19)12-14-4-6-15(16)7-5-14/h4-7,13H,2-3,8-12,16H2,1H3. The molecule has 0 bridgehead atoms. The van der Waals surface area contributed by atoms with E-state index in [4.69, 9.17) is 5.73 Å². The van der Waals surface area contributed by atoms with Crippen molar-refractivity contribution in [3.05, 3.63) is 29.8 Å². The predicted octanol–water partition coefficient (Wildman–Crippen LogP) is 2.61. The molecule has 1 fully saturated rings. The molecule has 1 aliphatic rings.